The number of nitrogens with zero attached hydrogens (tertiary/aromatic N) is 3. The van der Waals surface area contributed by atoms with Crippen LogP contribution in [0.4, 0.5) is 5.95 Å². The predicted octanol–water partition coefficient (Wildman–Crippen LogP) is 1.54. The molecule has 2 aromatic heterocycles. The number of nitrogens with one attached hydrogen (secondary N) is 2. The van der Waals surface area contributed by atoms with Crippen molar-refractivity contribution in [2.45, 2.75) is 52.1 Å². The number of aliphatic carboxylic acids is 1. The van der Waals surface area contributed by atoms with Crippen molar-refractivity contribution in [3.63, 3.8) is 0 Å². The van der Waals surface area contributed by atoms with E-state index < -0.39 is 12.0 Å². The van der Waals surface area contributed by atoms with Crippen molar-refractivity contribution in [2.75, 3.05) is 5.32 Å². The van der Waals surface area contributed by atoms with Crippen LogP contribution in [0, 0.1) is 0 Å². The van der Waals surface area contributed by atoms with Gasteiger partial charge in [0.15, 0.2) is 5.65 Å². The number of hydrogen-bond donors (Lipinski definition) is 3. The molecule has 0 saturated heterocycles. The van der Waals surface area contributed by atoms with Crippen molar-refractivity contribution >= 4 is 23.0 Å². The molecule has 0 aliphatic heterocycles. The van der Waals surface area contributed by atoms with Crippen LogP contribution in [-0.2, 0) is 10.3 Å². The fourth-order valence-electron chi connectivity index (χ4n) is 2.19. The van der Waals surface area contributed by atoms with Gasteiger partial charge in [0, 0.05) is 0 Å². The molecule has 22 heavy (non-hydrogen) atoms. The van der Waals surface area contributed by atoms with Crippen LogP contribution in [0.25, 0.3) is 11.0 Å². The summed E-state index contributed by atoms with van der Waals surface area (Å²) >= 11 is 0. The van der Waals surface area contributed by atoms with Crippen LogP contribution in [0.3, 0.4) is 0 Å². The first kappa shape index (κ1) is 16.0. The van der Waals surface area contributed by atoms with Gasteiger partial charge in [0.05, 0.1) is 11.7 Å². The van der Waals surface area contributed by atoms with E-state index in [0.29, 0.717) is 23.9 Å². The smallest absolute Gasteiger partial charge is 0.326 e. The van der Waals surface area contributed by atoms with Gasteiger partial charge >= 0.3 is 5.97 Å². The number of aromatic nitrogens is 4. The Balaban J connectivity index is 2.48. The molecular formula is C14H21N5O3. The Morgan fingerprint density at radius 3 is 2.73 bits per heavy atom. The van der Waals surface area contributed by atoms with E-state index in [1.54, 1.807) is 4.68 Å². The van der Waals surface area contributed by atoms with Gasteiger partial charge in [-0.15, -0.1) is 0 Å². The fourth-order valence-corrected chi connectivity index (χ4v) is 2.19. The second kappa shape index (κ2) is 5.78. The highest BCUT2D eigenvalue weighted by Gasteiger charge is 2.21. The van der Waals surface area contributed by atoms with Gasteiger partial charge in [-0.2, -0.15) is 10.1 Å². The summed E-state index contributed by atoms with van der Waals surface area (Å²) < 4.78 is 1.65. The maximum atomic E-state index is 12.1. The van der Waals surface area contributed by atoms with E-state index in [2.05, 4.69) is 20.4 Å². The van der Waals surface area contributed by atoms with E-state index in [1.807, 2.05) is 27.7 Å². The molecule has 0 aliphatic rings. The van der Waals surface area contributed by atoms with E-state index >= 15 is 0 Å². The fraction of sp³-hybridized carbons (Fsp3) is 0.571. The van der Waals surface area contributed by atoms with E-state index in [1.165, 1.54) is 6.20 Å². The molecule has 0 fully saturated rings. The summed E-state index contributed by atoms with van der Waals surface area (Å²) in [6.45, 7) is 7.75. The number of carbonyl (C=O) groups is 1. The minimum absolute atomic E-state index is 0.143. The number of H-pyrrole nitrogens is 1. The Kier molecular flexibility index (Phi) is 4.20. The Hall–Kier alpha value is -2.38. The average Bonchev–Trinajstić information content (AvgIpc) is 2.82. The number of anilines is 1. The molecule has 8 nitrogen and oxygen atoms in total. The van der Waals surface area contributed by atoms with Crippen LogP contribution in [0.15, 0.2) is 11.0 Å². The summed E-state index contributed by atoms with van der Waals surface area (Å²) in [6, 6.07) is -0.795. The molecular weight excluding hydrogens is 286 g/mol. The van der Waals surface area contributed by atoms with Gasteiger partial charge < -0.3 is 10.4 Å². The lowest BCUT2D eigenvalue weighted by molar-refractivity contribution is -0.138. The van der Waals surface area contributed by atoms with Gasteiger partial charge in [-0.25, -0.2) is 9.48 Å². The molecule has 0 aromatic carbocycles. The lowest BCUT2D eigenvalue weighted by Crippen LogP contribution is -2.31. The first-order chi connectivity index (χ1) is 10.2. The van der Waals surface area contributed by atoms with Crippen LogP contribution in [-0.4, -0.2) is 36.9 Å². The summed E-state index contributed by atoms with van der Waals surface area (Å²) in [5.41, 5.74) is -0.252. The molecule has 1 unspecified atom stereocenters. The number of aromatic amines is 1. The topological polar surface area (TPSA) is 113 Å². The van der Waals surface area contributed by atoms with Crippen LogP contribution in [0.1, 0.15) is 40.5 Å². The van der Waals surface area contributed by atoms with E-state index in [4.69, 9.17) is 0 Å². The molecule has 0 spiro atoms. The van der Waals surface area contributed by atoms with Crippen molar-refractivity contribution in [3.05, 3.63) is 16.6 Å². The second-order valence-electron chi connectivity index (χ2n) is 6.20. The molecule has 1 atom stereocenters. The zero-order valence-corrected chi connectivity index (χ0v) is 13.2. The average molecular weight is 307 g/mol. The zero-order chi connectivity index (χ0) is 16.5. The minimum Gasteiger partial charge on any atom is -0.480 e. The minimum atomic E-state index is -0.978. The summed E-state index contributed by atoms with van der Waals surface area (Å²) in [5, 5.41) is 16.6. The van der Waals surface area contributed by atoms with Crippen LogP contribution >= 0.6 is 0 Å². The van der Waals surface area contributed by atoms with Crippen LogP contribution in [0.2, 0.25) is 0 Å². The van der Waals surface area contributed by atoms with Crippen molar-refractivity contribution in [3.8, 4) is 0 Å². The highest BCUT2D eigenvalue weighted by atomic mass is 16.4. The number of carboxylic acids is 1. The molecule has 0 bridgehead atoms. The number of carboxylic acid groups (broad SMARTS) is 1. The Labute approximate surface area is 127 Å². The summed E-state index contributed by atoms with van der Waals surface area (Å²) in [7, 11) is 0. The molecule has 120 valence electrons. The molecule has 8 heteroatoms. The van der Waals surface area contributed by atoms with E-state index in [-0.39, 0.29) is 17.0 Å². The first-order valence-corrected chi connectivity index (χ1v) is 7.22. The van der Waals surface area contributed by atoms with Crippen molar-refractivity contribution in [1.82, 2.24) is 19.7 Å². The maximum Gasteiger partial charge on any atom is 0.326 e. The molecule has 2 aromatic rings. The van der Waals surface area contributed by atoms with Gasteiger partial charge in [0.2, 0.25) is 5.95 Å². The molecule has 2 heterocycles. The molecule has 3 N–H and O–H groups in total. The van der Waals surface area contributed by atoms with Crippen LogP contribution < -0.4 is 10.9 Å². The number of fused-ring (bicyclic) bond motifs is 1. The summed E-state index contributed by atoms with van der Waals surface area (Å²) in [5.74, 6) is -0.835. The highest BCUT2D eigenvalue weighted by molar-refractivity contribution is 5.78. The van der Waals surface area contributed by atoms with Gasteiger partial charge in [0.1, 0.15) is 11.4 Å². The highest BCUT2D eigenvalue weighted by Crippen LogP contribution is 2.19. The van der Waals surface area contributed by atoms with E-state index in [9.17, 15) is 14.7 Å². The zero-order valence-electron chi connectivity index (χ0n) is 13.2. The lowest BCUT2D eigenvalue weighted by atomic mass is 10.1. The van der Waals surface area contributed by atoms with Gasteiger partial charge in [-0.05, 0) is 27.2 Å². The Morgan fingerprint density at radius 2 is 2.18 bits per heavy atom. The Bertz CT molecular complexity index is 741. The normalized spacial score (nSPS) is 13.3. The molecule has 0 radical (unpaired) electrons. The summed E-state index contributed by atoms with van der Waals surface area (Å²) in [6.07, 6.45) is 2.61. The molecule has 0 amide bonds. The number of hydrogen-bond acceptors (Lipinski definition) is 5. The maximum absolute atomic E-state index is 12.1. The lowest BCUT2D eigenvalue weighted by Gasteiger charge is -2.20. The van der Waals surface area contributed by atoms with Crippen molar-refractivity contribution in [1.29, 1.82) is 0 Å². The third-order valence-electron chi connectivity index (χ3n) is 3.26. The molecule has 0 aliphatic carbocycles. The third kappa shape index (κ3) is 3.10. The van der Waals surface area contributed by atoms with Gasteiger partial charge in [0.25, 0.3) is 5.56 Å². The quantitative estimate of drug-likeness (QED) is 0.772. The van der Waals surface area contributed by atoms with Gasteiger partial charge in [-0.3, -0.25) is 9.78 Å². The Morgan fingerprint density at radius 1 is 1.50 bits per heavy atom. The number of rotatable bonds is 5. The monoisotopic (exact) mass is 307 g/mol. The predicted molar refractivity (Wildman–Crippen MR) is 83.1 cm³/mol. The first-order valence-electron chi connectivity index (χ1n) is 7.22. The SMILES string of the molecule is CCCC(Nc1nc2c(cnn2C(C)(C)C)c(=O)[nH]1)C(=O)O. The largest absolute Gasteiger partial charge is 0.480 e. The van der Waals surface area contributed by atoms with Gasteiger partial charge in [-0.1, -0.05) is 13.3 Å². The van der Waals surface area contributed by atoms with Crippen LogP contribution in [0.5, 0.6) is 0 Å². The molecule has 0 saturated carbocycles. The second-order valence-corrected chi connectivity index (χ2v) is 6.20. The summed E-state index contributed by atoms with van der Waals surface area (Å²) in [4.78, 5) is 30.2. The van der Waals surface area contributed by atoms with Crippen molar-refractivity contribution in [2.24, 2.45) is 0 Å². The van der Waals surface area contributed by atoms with E-state index in [0.717, 1.165) is 0 Å². The third-order valence-corrected chi connectivity index (χ3v) is 3.26. The molecule has 2 rings (SSSR count). The van der Waals surface area contributed by atoms with Crippen molar-refractivity contribution < 1.29 is 9.90 Å². The standard InChI is InChI=1S/C14H21N5O3/c1-5-6-9(12(21)22)16-13-17-10-8(11(20)18-13)7-15-19(10)14(2,3)4/h7,9H,5-6H2,1-4H3,(H,21,22)(H2,16,17,18,20).